The average Bonchev–Trinajstić information content (AvgIpc) is 2.60. The number of rotatable bonds is 3. The Morgan fingerprint density at radius 2 is 1.75 bits per heavy atom. The Morgan fingerprint density at radius 3 is 2.35 bits per heavy atom. The molecule has 20 heavy (non-hydrogen) atoms. The number of ketones is 1. The molecule has 0 aliphatic carbocycles. The Morgan fingerprint density at radius 1 is 1.15 bits per heavy atom. The van der Waals surface area contributed by atoms with Crippen molar-refractivity contribution < 1.29 is 22.2 Å². The maximum atomic E-state index is 12.1. The number of hydrogen-bond donors (Lipinski definition) is 0. The minimum Gasteiger partial charge on any atom is -0.283 e. The zero-order valence-corrected chi connectivity index (χ0v) is 12.2. The summed E-state index contributed by atoms with van der Waals surface area (Å²) in [6, 6.07) is 5.93. The van der Waals surface area contributed by atoms with Crippen LogP contribution in [0.15, 0.2) is 24.3 Å². The number of nitrogens with zero attached hydrogens (tertiary/aromatic N) is 1. The van der Waals surface area contributed by atoms with Crippen LogP contribution in [-0.2, 0) is 19.3 Å². The van der Waals surface area contributed by atoms with Gasteiger partial charge in [0.05, 0.1) is 17.9 Å². The van der Waals surface area contributed by atoms with Gasteiger partial charge < -0.3 is 0 Å². The van der Waals surface area contributed by atoms with Crippen LogP contribution in [0.5, 0.6) is 0 Å². The molecule has 1 heterocycles. The van der Waals surface area contributed by atoms with E-state index in [9.17, 15) is 18.0 Å². The Kier molecular flexibility index (Phi) is 3.43. The maximum absolute atomic E-state index is 12.1. The molecule has 0 saturated carbocycles. The molecule has 0 N–H and O–H groups in total. The zero-order chi connectivity index (χ0) is 15.1. The van der Waals surface area contributed by atoms with Gasteiger partial charge in [-0.15, -0.1) is 0 Å². The van der Waals surface area contributed by atoms with Crippen molar-refractivity contribution in [3.05, 3.63) is 29.8 Å². The van der Waals surface area contributed by atoms with Crippen LogP contribution in [0.3, 0.4) is 0 Å². The van der Waals surface area contributed by atoms with E-state index in [1.165, 1.54) is 12.1 Å². The molecule has 0 aromatic heterocycles. The highest BCUT2D eigenvalue weighted by Crippen LogP contribution is 2.31. The summed E-state index contributed by atoms with van der Waals surface area (Å²) in [4.78, 5) is 23.6. The molecule has 1 aromatic rings. The summed E-state index contributed by atoms with van der Waals surface area (Å²) in [7, 11) is -4.33. The molecule has 0 bridgehead atoms. The molecule has 2 rings (SSSR count). The molecule has 0 atom stereocenters. The van der Waals surface area contributed by atoms with Gasteiger partial charge in [-0.25, -0.2) is 0 Å². The quantitative estimate of drug-likeness (QED) is 0.790. The van der Waals surface area contributed by atoms with E-state index in [0.717, 1.165) is 0 Å². The molecule has 1 amide bonds. The molecule has 1 aliphatic rings. The van der Waals surface area contributed by atoms with Gasteiger partial charge in [0, 0.05) is 0 Å². The summed E-state index contributed by atoms with van der Waals surface area (Å²) >= 11 is 0. The standard InChI is InChI=1S/C13H15NO5S/c1-13(2,3)8-19-20(17,18)14-10-7-5-4-6-9(10)11(15)12(14)16/h4-7H,8H2,1-3H3. The predicted octanol–water partition coefficient (Wildman–Crippen LogP) is 1.52. The van der Waals surface area contributed by atoms with E-state index >= 15 is 0 Å². The lowest BCUT2D eigenvalue weighted by molar-refractivity contribution is -0.113. The summed E-state index contributed by atoms with van der Waals surface area (Å²) in [6.45, 7) is 5.31. The molecular weight excluding hydrogens is 282 g/mol. The Labute approximate surface area is 117 Å². The fourth-order valence-corrected chi connectivity index (χ4v) is 2.98. The van der Waals surface area contributed by atoms with Gasteiger partial charge in [-0.05, 0) is 17.5 Å². The lowest BCUT2D eigenvalue weighted by atomic mass is 9.99. The molecule has 0 unspecified atom stereocenters. The summed E-state index contributed by atoms with van der Waals surface area (Å²) in [6.07, 6.45) is 0. The van der Waals surface area contributed by atoms with E-state index in [4.69, 9.17) is 4.18 Å². The first-order chi connectivity index (χ1) is 9.13. The first-order valence-electron chi connectivity index (χ1n) is 6.01. The van der Waals surface area contributed by atoms with Crippen molar-refractivity contribution in [3.63, 3.8) is 0 Å². The minimum atomic E-state index is -4.33. The van der Waals surface area contributed by atoms with Crippen molar-refractivity contribution in [2.24, 2.45) is 5.41 Å². The van der Waals surface area contributed by atoms with Gasteiger partial charge in [-0.3, -0.25) is 13.8 Å². The molecule has 108 valence electrons. The third-order valence-electron chi connectivity index (χ3n) is 2.61. The van der Waals surface area contributed by atoms with Gasteiger partial charge in [-0.2, -0.15) is 12.7 Å². The molecule has 1 aliphatic heterocycles. The number of fused-ring (bicyclic) bond motifs is 1. The number of carbonyl (C=O) groups is 2. The summed E-state index contributed by atoms with van der Waals surface area (Å²) in [5, 5.41) is 0. The number of carbonyl (C=O) groups excluding carboxylic acids is 2. The van der Waals surface area contributed by atoms with Crippen LogP contribution in [0.1, 0.15) is 31.1 Å². The van der Waals surface area contributed by atoms with Gasteiger partial charge in [0.2, 0.25) is 0 Å². The maximum Gasteiger partial charge on any atom is 0.369 e. The highest BCUT2D eigenvalue weighted by molar-refractivity contribution is 7.89. The molecule has 1 aromatic carbocycles. The van der Waals surface area contributed by atoms with Crippen molar-refractivity contribution in [1.82, 2.24) is 0 Å². The average molecular weight is 297 g/mol. The van der Waals surface area contributed by atoms with Crippen LogP contribution in [0.25, 0.3) is 0 Å². The van der Waals surface area contributed by atoms with Crippen molar-refractivity contribution in [1.29, 1.82) is 0 Å². The van der Waals surface area contributed by atoms with Gasteiger partial charge >= 0.3 is 16.2 Å². The Bertz CT molecular complexity index is 672. The first-order valence-corrected chi connectivity index (χ1v) is 7.37. The minimum absolute atomic E-state index is 0.0383. The lowest BCUT2D eigenvalue weighted by Crippen LogP contribution is -2.38. The number of hydrogen-bond acceptors (Lipinski definition) is 5. The second-order valence-electron chi connectivity index (χ2n) is 5.70. The largest absolute Gasteiger partial charge is 0.369 e. The monoisotopic (exact) mass is 297 g/mol. The fourth-order valence-electron chi connectivity index (χ4n) is 1.69. The Balaban J connectivity index is 2.38. The van der Waals surface area contributed by atoms with Gasteiger partial charge in [-0.1, -0.05) is 32.9 Å². The third kappa shape index (κ3) is 2.59. The predicted molar refractivity (Wildman–Crippen MR) is 72.6 cm³/mol. The van der Waals surface area contributed by atoms with E-state index < -0.39 is 22.0 Å². The Hall–Kier alpha value is -1.73. The van der Waals surface area contributed by atoms with E-state index in [-0.39, 0.29) is 23.3 Å². The summed E-state index contributed by atoms with van der Waals surface area (Å²) < 4.78 is 29.6. The van der Waals surface area contributed by atoms with Gasteiger partial charge in [0.15, 0.2) is 0 Å². The zero-order valence-electron chi connectivity index (χ0n) is 11.4. The molecular formula is C13H15NO5S. The first kappa shape index (κ1) is 14.7. The van der Waals surface area contributed by atoms with Crippen LogP contribution in [0.4, 0.5) is 5.69 Å². The topological polar surface area (TPSA) is 80.8 Å². The number of anilines is 1. The van der Waals surface area contributed by atoms with Crippen molar-refractivity contribution >= 4 is 27.7 Å². The lowest BCUT2D eigenvalue weighted by Gasteiger charge is -2.21. The number of amides is 1. The van der Waals surface area contributed by atoms with Crippen molar-refractivity contribution in [3.8, 4) is 0 Å². The van der Waals surface area contributed by atoms with Gasteiger partial charge in [0.25, 0.3) is 5.78 Å². The van der Waals surface area contributed by atoms with E-state index in [1.807, 2.05) is 0 Å². The van der Waals surface area contributed by atoms with Crippen molar-refractivity contribution in [2.75, 3.05) is 10.9 Å². The number of Topliss-reactive ketones (excluding diaryl/α,β-unsaturated/α-hetero) is 1. The molecule has 7 heteroatoms. The summed E-state index contributed by atoms with van der Waals surface area (Å²) in [5.41, 5.74) is -0.281. The molecule has 0 saturated heterocycles. The van der Waals surface area contributed by atoms with Crippen LogP contribution < -0.4 is 4.31 Å². The van der Waals surface area contributed by atoms with Crippen molar-refractivity contribution in [2.45, 2.75) is 20.8 Å². The van der Waals surface area contributed by atoms with E-state index in [1.54, 1.807) is 32.9 Å². The molecule has 0 spiro atoms. The van der Waals surface area contributed by atoms with Gasteiger partial charge in [0.1, 0.15) is 0 Å². The molecule has 0 radical (unpaired) electrons. The fraction of sp³-hybridized carbons (Fsp3) is 0.385. The smallest absolute Gasteiger partial charge is 0.283 e. The highest BCUT2D eigenvalue weighted by Gasteiger charge is 2.43. The second-order valence-corrected chi connectivity index (χ2v) is 7.15. The van der Waals surface area contributed by atoms with Crippen LogP contribution in [-0.4, -0.2) is 26.7 Å². The molecule has 6 nitrogen and oxygen atoms in total. The SMILES string of the molecule is CC(C)(C)COS(=O)(=O)N1C(=O)C(=O)c2ccccc21. The van der Waals surface area contributed by atoms with Crippen LogP contribution >= 0.6 is 0 Å². The van der Waals surface area contributed by atoms with E-state index in [2.05, 4.69) is 0 Å². The van der Waals surface area contributed by atoms with E-state index in [0.29, 0.717) is 4.31 Å². The summed E-state index contributed by atoms with van der Waals surface area (Å²) in [5.74, 6) is -1.95. The normalized spacial score (nSPS) is 15.7. The number of para-hydroxylation sites is 1. The third-order valence-corrected chi connectivity index (χ3v) is 3.84. The number of benzene rings is 1. The molecule has 0 fully saturated rings. The highest BCUT2D eigenvalue weighted by atomic mass is 32.2. The second kappa shape index (κ2) is 4.68. The van der Waals surface area contributed by atoms with Crippen LogP contribution in [0, 0.1) is 5.41 Å². The van der Waals surface area contributed by atoms with Crippen LogP contribution in [0.2, 0.25) is 0 Å².